The predicted octanol–water partition coefficient (Wildman–Crippen LogP) is 5.42. The minimum atomic E-state index is -0.926. The Bertz CT molecular complexity index is 1280. The van der Waals surface area contributed by atoms with E-state index in [1.54, 1.807) is 54.6 Å². The van der Waals surface area contributed by atoms with Crippen LogP contribution in [0.4, 0.5) is 0 Å². The molecule has 1 atom stereocenters. The lowest BCUT2D eigenvalue weighted by Gasteiger charge is -2.18. The summed E-state index contributed by atoms with van der Waals surface area (Å²) in [6.45, 7) is -0.0439. The molecule has 0 aliphatic heterocycles. The van der Waals surface area contributed by atoms with E-state index in [1.807, 2.05) is 42.5 Å². The van der Waals surface area contributed by atoms with Crippen LogP contribution in [0.3, 0.4) is 0 Å². The summed E-state index contributed by atoms with van der Waals surface area (Å²) in [4.78, 5) is 37.1. The van der Waals surface area contributed by atoms with E-state index < -0.39 is 23.8 Å². The van der Waals surface area contributed by atoms with Crippen molar-refractivity contribution in [1.82, 2.24) is 0 Å². The highest BCUT2D eigenvalue weighted by molar-refractivity contribution is 6.40. The van der Waals surface area contributed by atoms with Crippen molar-refractivity contribution in [3.8, 4) is 0 Å². The van der Waals surface area contributed by atoms with E-state index in [-0.39, 0.29) is 18.6 Å². The average Bonchev–Trinajstić information content (AvgIpc) is 2.89. The fourth-order valence-corrected chi connectivity index (χ4v) is 3.68. The molecule has 34 heavy (non-hydrogen) atoms. The van der Waals surface area contributed by atoms with Crippen LogP contribution < -0.4 is 0 Å². The molecule has 0 radical (unpaired) electrons. The number of hydrogen-bond donors (Lipinski definition) is 0. The first-order valence-corrected chi connectivity index (χ1v) is 11.1. The lowest BCUT2D eigenvalue weighted by molar-refractivity contribution is -0.138. The van der Waals surface area contributed by atoms with Gasteiger partial charge >= 0.3 is 11.9 Å². The number of Topliss-reactive ketones (excluding diaryl/α,β-unsaturated/α-hetero) is 1. The second-order valence-corrected chi connectivity index (χ2v) is 7.90. The molecule has 0 heterocycles. The Morgan fingerprint density at radius 3 is 2.00 bits per heavy atom. The maximum absolute atomic E-state index is 12.7. The number of carbonyl (C=O) groups is 3. The normalized spacial score (nSPS) is 11.5. The van der Waals surface area contributed by atoms with Crippen LogP contribution in [0, 0.1) is 0 Å². The SMILES string of the molecule is O=C(OCCC(Cc1ccc2ccccc2c1)OC(=O)c1ccccc1)C(=O)c1ccccc1. The lowest BCUT2D eigenvalue weighted by atomic mass is 10.0. The Kier molecular flexibility index (Phi) is 7.45. The van der Waals surface area contributed by atoms with Crippen molar-refractivity contribution in [3.05, 3.63) is 120 Å². The van der Waals surface area contributed by atoms with Gasteiger partial charge in [-0.2, -0.15) is 0 Å². The molecular weight excluding hydrogens is 428 g/mol. The Morgan fingerprint density at radius 1 is 0.676 bits per heavy atom. The fourth-order valence-electron chi connectivity index (χ4n) is 3.68. The van der Waals surface area contributed by atoms with Gasteiger partial charge in [-0.05, 0) is 28.5 Å². The summed E-state index contributed by atoms with van der Waals surface area (Å²) in [6.07, 6.45) is 0.181. The van der Waals surface area contributed by atoms with Crippen LogP contribution in [-0.4, -0.2) is 30.4 Å². The first-order valence-electron chi connectivity index (χ1n) is 11.1. The van der Waals surface area contributed by atoms with E-state index in [9.17, 15) is 14.4 Å². The van der Waals surface area contributed by atoms with Gasteiger partial charge in [0.15, 0.2) is 0 Å². The third-order valence-corrected chi connectivity index (χ3v) is 5.45. The Morgan fingerprint density at radius 2 is 1.29 bits per heavy atom. The van der Waals surface area contributed by atoms with E-state index in [0.29, 0.717) is 12.0 Å². The zero-order valence-corrected chi connectivity index (χ0v) is 18.6. The third-order valence-electron chi connectivity index (χ3n) is 5.45. The van der Waals surface area contributed by atoms with Gasteiger partial charge in [0.05, 0.1) is 12.2 Å². The monoisotopic (exact) mass is 452 g/mol. The molecule has 4 aromatic rings. The molecule has 0 fully saturated rings. The Labute approximate surface area is 197 Å². The van der Waals surface area contributed by atoms with Crippen molar-refractivity contribution in [2.45, 2.75) is 18.9 Å². The highest BCUT2D eigenvalue weighted by Crippen LogP contribution is 2.19. The summed E-state index contributed by atoms with van der Waals surface area (Å²) in [5.41, 5.74) is 1.72. The number of rotatable bonds is 9. The van der Waals surface area contributed by atoms with Crippen molar-refractivity contribution in [2.24, 2.45) is 0 Å². The van der Waals surface area contributed by atoms with Crippen LogP contribution in [-0.2, 0) is 20.7 Å². The molecule has 0 amide bonds. The largest absolute Gasteiger partial charge is 0.460 e. The molecule has 0 N–H and O–H groups in total. The van der Waals surface area contributed by atoms with Crippen LogP contribution in [0.2, 0.25) is 0 Å². The molecule has 4 aromatic carbocycles. The standard InChI is InChI=1S/C29H24O5/c30-27(23-10-3-1-4-11-23)29(32)33-18-17-26(34-28(31)24-12-5-2-6-13-24)20-21-15-16-22-9-7-8-14-25(22)19-21/h1-16,19,26H,17-18,20H2. The van der Waals surface area contributed by atoms with Gasteiger partial charge in [-0.15, -0.1) is 0 Å². The summed E-state index contributed by atoms with van der Waals surface area (Å²) >= 11 is 0. The molecule has 1 unspecified atom stereocenters. The summed E-state index contributed by atoms with van der Waals surface area (Å²) in [5.74, 6) is -2.07. The average molecular weight is 453 g/mol. The molecule has 0 saturated heterocycles. The van der Waals surface area contributed by atoms with Crippen LogP contribution in [0.5, 0.6) is 0 Å². The van der Waals surface area contributed by atoms with Gasteiger partial charge in [-0.1, -0.05) is 91.0 Å². The summed E-state index contributed by atoms with van der Waals surface area (Å²) in [7, 11) is 0. The highest BCUT2D eigenvalue weighted by Gasteiger charge is 2.21. The van der Waals surface area contributed by atoms with E-state index in [1.165, 1.54) is 0 Å². The first-order chi connectivity index (χ1) is 16.6. The lowest BCUT2D eigenvalue weighted by Crippen LogP contribution is -2.25. The quantitative estimate of drug-likeness (QED) is 0.193. The van der Waals surface area contributed by atoms with E-state index >= 15 is 0 Å². The second-order valence-electron chi connectivity index (χ2n) is 7.90. The van der Waals surface area contributed by atoms with Crippen molar-refractivity contribution < 1.29 is 23.9 Å². The number of ether oxygens (including phenoxy) is 2. The maximum Gasteiger partial charge on any atom is 0.379 e. The van der Waals surface area contributed by atoms with E-state index in [4.69, 9.17) is 9.47 Å². The number of benzene rings is 4. The summed E-state index contributed by atoms with van der Waals surface area (Å²) < 4.78 is 11.0. The van der Waals surface area contributed by atoms with Crippen LogP contribution in [0.25, 0.3) is 10.8 Å². The molecule has 5 nitrogen and oxygen atoms in total. The maximum atomic E-state index is 12.7. The molecule has 0 spiro atoms. The molecule has 5 heteroatoms. The fraction of sp³-hybridized carbons (Fsp3) is 0.138. The van der Waals surface area contributed by atoms with Gasteiger partial charge in [0.2, 0.25) is 0 Å². The number of ketones is 1. The third kappa shape index (κ3) is 5.95. The zero-order chi connectivity index (χ0) is 23.8. The van der Waals surface area contributed by atoms with Crippen LogP contribution in [0.1, 0.15) is 32.7 Å². The van der Waals surface area contributed by atoms with Crippen LogP contribution in [0.15, 0.2) is 103 Å². The van der Waals surface area contributed by atoms with E-state index in [0.717, 1.165) is 16.3 Å². The molecule has 0 bridgehead atoms. The van der Waals surface area contributed by atoms with Crippen molar-refractivity contribution in [1.29, 1.82) is 0 Å². The van der Waals surface area contributed by atoms with Gasteiger partial charge in [0.25, 0.3) is 5.78 Å². The van der Waals surface area contributed by atoms with E-state index in [2.05, 4.69) is 6.07 Å². The second kappa shape index (κ2) is 11.1. The number of esters is 2. The predicted molar refractivity (Wildman–Crippen MR) is 130 cm³/mol. The van der Waals surface area contributed by atoms with Gasteiger partial charge in [-0.25, -0.2) is 9.59 Å². The molecular formula is C29H24O5. The van der Waals surface area contributed by atoms with Crippen molar-refractivity contribution in [3.63, 3.8) is 0 Å². The topological polar surface area (TPSA) is 69.7 Å². The van der Waals surface area contributed by atoms with Crippen LogP contribution >= 0.6 is 0 Å². The van der Waals surface area contributed by atoms with Gasteiger partial charge in [-0.3, -0.25) is 4.79 Å². The summed E-state index contributed by atoms with van der Waals surface area (Å²) in [5, 5.41) is 2.21. The molecule has 0 saturated carbocycles. The number of carbonyl (C=O) groups excluding carboxylic acids is 3. The Balaban J connectivity index is 1.43. The molecule has 4 rings (SSSR count). The Hall–Kier alpha value is -4.25. The number of fused-ring (bicyclic) bond motifs is 1. The number of hydrogen-bond acceptors (Lipinski definition) is 5. The molecule has 0 aliphatic rings. The van der Waals surface area contributed by atoms with Gasteiger partial charge < -0.3 is 9.47 Å². The molecule has 0 aliphatic carbocycles. The van der Waals surface area contributed by atoms with Crippen molar-refractivity contribution in [2.75, 3.05) is 6.61 Å². The highest BCUT2D eigenvalue weighted by atomic mass is 16.6. The minimum absolute atomic E-state index is 0.0439. The van der Waals surface area contributed by atoms with Crippen molar-refractivity contribution >= 4 is 28.5 Å². The molecule has 0 aromatic heterocycles. The minimum Gasteiger partial charge on any atom is -0.460 e. The smallest absolute Gasteiger partial charge is 0.379 e. The zero-order valence-electron chi connectivity index (χ0n) is 18.6. The summed E-state index contributed by atoms with van der Waals surface area (Å²) in [6, 6.07) is 31.1. The van der Waals surface area contributed by atoms with Gasteiger partial charge in [0.1, 0.15) is 6.10 Å². The van der Waals surface area contributed by atoms with Gasteiger partial charge in [0, 0.05) is 18.4 Å². The molecule has 170 valence electrons. The first kappa shape index (κ1) is 22.9.